The van der Waals surface area contributed by atoms with Crippen molar-refractivity contribution in [1.82, 2.24) is 0 Å². The summed E-state index contributed by atoms with van der Waals surface area (Å²) in [6.45, 7) is 2.13. The molecule has 1 nitrogen and oxygen atoms in total. The summed E-state index contributed by atoms with van der Waals surface area (Å²) in [5.74, 6) is -0.0504. The number of hydrogen-bond acceptors (Lipinski definition) is 2. The number of hydrogen-bond donors (Lipinski definition) is 0. The predicted octanol–water partition coefficient (Wildman–Crippen LogP) is 4.94. The Labute approximate surface area is 119 Å². The van der Waals surface area contributed by atoms with Crippen LogP contribution in [0.15, 0.2) is 30.3 Å². The fourth-order valence-corrected chi connectivity index (χ4v) is 3.40. The lowest BCUT2D eigenvalue weighted by Crippen LogP contribution is -1.93. The van der Waals surface area contributed by atoms with Gasteiger partial charge in [0, 0.05) is 9.75 Å². The molecule has 0 spiro atoms. The molecule has 4 heteroatoms. The third-order valence-electron chi connectivity index (χ3n) is 2.75. The molecule has 1 unspecified atom stereocenters. The zero-order chi connectivity index (χ0) is 13.1. The molecule has 0 saturated carbocycles. The highest BCUT2D eigenvalue weighted by molar-refractivity contribution is 9.09. The van der Waals surface area contributed by atoms with Gasteiger partial charge in [-0.15, -0.1) is 11.3 Å². The van der Waals surface area contributed by atoms with E-state index in [-0.39, 0.29) is 16.4 Å². The number of methoxy groups -OCH3 is 1. The number of ether oxygens (including phenoxy) is 1. The lowest BCUT2D eigenvalue weighted by molar-refractivity contribution is 0.386. The van der Waals surface area contributed by atoms with Gasteiger partial charge in [0.15, 0.2) is 11.6 Å². The normalized spacial score (nSPS) is 12.4. The zero-order valence-electron chi connectivity index (χ0n) is 10.2. The standard InChI is InChI=1S/C14H14BrFOS/c1-3-10-5-7-13(18-10)14(15)9-4-6-12(17-2)11(16)8-9/h4-8,14H,3H2,1-2H3. The van der Waals surface area contributed by atoms with E-state index in [0.717, 1.165) is 12.0 Å². The second-order valence-corrected chi connectivity index (χ2v) is 6.03. The van der Waals surface area contributed by atoms with Gasteiger partial charge < -0.3 is 4.74 Å². The Bertz CT molecular complexity index is 538. The van der Waals surface area contributed by atoms with Crippen molar-refractivity contribution in [1.29, 1.82) is 0 Å². The average Bonchev–Trinajstić information content (AvgIpc) is 2.86. The molecule has 1 heterocycles. The summed E-state index contributed by atoms with van der Waals surface area (Å²) in [6.07, 6.45) is 1.03. The van der Waals surface area contributed by atoms with Crippen molar-refractivity contribution in [3.63, 3.8) is 0 Å². The van der Waals surface area contributed by atoms with Gasteiger partial charge in [0.2, 0.25) is 0 Å². The van der Waals surface area contributed by atoms with Crippen molar-refractivity contribution in [2.75, 3.05) is 7.11 Å². The number of benzene rings is 1. The second kappa shape index (κ2) is 5.85. The topological polar surface area (TPSA) is 9.23 Å². The largest absolute Gasteiger partial charge is 0.494 e. The van der Waals surface area contributed by atoms with Crippen LogP contribution in [0.1, 0.15) is 27.1 Å². The maximum Gasteiger partial charge on any atom is 0.165 e. The molecule has 1 aromatic carbocycles. The minimum atomic E-state index is -0.327. The van der Waals surface area contributed by atoms with Crippen molar-refractivity contribution in [3.05, 3.63) is 51.5 Å². The molecule has 2 aromatic rings. The van der Waals surface area contributed by atoms with E-state index in [2.05, 4.69) is 35.0 Å². The summed E-state index contributed by atoms with van der Waals surface area (Å²) in [7, 11) is 1.47. The van der Waals surface area contributed by atoms with Crippen molar-refractivity contribution < 1.29 is 9.13 Å². The summed E-state index contributed by atoms with van der Waals surface area (Å²) in [5.41, 5.74) is 0.901. The molecule has 18 heavy (non-hydrogen) atoms. The molecule has 1 atom stereocenters. The van der Waals surface area contributed by atoms with Gasteiger partial charge in [-0.1, -0.05) is 28.9 Å². The van der Waals surface area contributed by atoms with Crippen molar-refractivity contribution in [3.8, 4) is 5.75 Å². The number of thiophene rings is 1. The third-order valence-corrected chi connectivity index (χ3v) is 5.37. The molecule has 0 N–H and O–H groups in total. The van der Waals surface area contributed by atoms with E-state index in [9.17, 15) is 4.39 Å². The van der Waals surface area contributed by atoms with Crippen LogP contribution < -0.4 is 4.74 Å². The van der Waals surface area contributed by atoms with E-state index in [1.54, 1.807) is 17.4 Å². The van der Waals surface area contributed by atoms with E-state index in [1.807, 2.05) is 6.07 Å². The smallest absolute Gasteiger partial charge is 0.165 e. The predicted molar refractivity (Wildman–Crippen MR) is 77.4 cm³/mol. The Morgan fingerprint density at radius 3 is 2.67 bits per heavy atom. The Kier molecular flexibility index (Phi) is 4.40. The fourth-order valence-electron chi connectivity index (χ4n) is 1.73. The van der Waals surface area contributed by atoms with E-state index >= 15 is 0 Å². The third kappa shape index (κ3) is 2.75. The molecule has 0 aliphatic heterocycles. The fraction of sp³-hybridized carbons (Fsp3) is 0.286. The number of halogens is 2. The lowest BCUT2D eigenvalue weighted by atomic mass is 10.1. The molecule has 0 aliphatic carbocycles. The van der Waals surface area contributed by atoms with Crippen LogP contribution in [0, 0.1) is 5.82 Å². The van der Waals surface area contributed by atoms with Gasteiger partial charge in [-0.05, 0) is 36.2 Å². The maximum atomic E-state index is 13.7. The van der Waals surface area contributed by atoms with Crippen LogP contribution in [0.4, 0.5) is 4.39 Å². The molecule has 1 aromatic heterocycles. The number of aryl methyl sites for hydroxylation is 1. The SMILES string of the molecule is CCc1ccc(C(Br)c2ccc(OC)c(F)c2)s1. The Hall–Kier alpha value is -0.870. The van der Waals surface area contributed by atoms with Crippen LogP contribution in [0.2, 0.25) is 0 Å². The highest BCUT2D eigenvalue weighted by Crippen LogP contribution is 2.36. The molecule has 0 amide bonds. The molecular weight excluding hydrogens is 315 g/mol. The zero-order valence-corrected chi connectivity index (χ0v) is 12.6. The highest BCUT2D eigenvalue weighted by atomic mass is 79.9. The van der Waals surface area contributed by atoms with Crippen LogP contribution in [0.5, 0.6) is 5.75 Å². The quantitative estimate of drug-likeness (QED) is 0.722. The van der Waals surface area contributed by atoms with Gasteiger partial charge in [-0.25, -0.2) is 4.39 Å². The Morgan fingerprint density at radius 2 is 2.11 bits per heavy atom. The van der Waals surface area contributed by atoms with E-state index < -0.39 is 0 Å². The Morgan fingerprint density at radius 1 is 1.33 bits per heavy atom. The van der Waals surface area contributed by atoms with Crippen LogP contribution in [0.3, 0.4) is 0 Å². The first kappa shape index (κ1) is 13.6. The monoisotopic (exact) mass is 328 g/mol. The van der Waals surface area contributed by atoms with Crippen LogP contribution in [-0.2, 0) is 6.42 Å². The molecule has 2 rings (SSSR count). The van der Waals surface area contributed by atoms with Crippen molar-refractivity contribution in [2.45, 2.75) is 18.2 Å². The molecule has 0 aliphatic rings. The van der Waals surface area contributed by atoms with E-state index in [0.29, 0.717) is 0 Å². The first-order valence-electron chi connectivity index (χ1n) is 5.71. The average molecular weight is 329 g/mol. The molecule has 0 bridgehead atoms. The van der Waals surface area contributed by atoms with Crippen LogP contribution in [0.25, 0.3) is 0 Å². The van der Waals surface area contributed by atoms with Crippen molar-refractivity contribution >= 4 is 27.3 Å². The van der Waals surface area contributed by atoms with E-state index in [4.69, 9.17) is 4.74 Å². The summed E-state index contributed by atoms with van der Waals surface area (Å²) >= 11 is 5.37. The lowest BCUT2D eigenvalue weighted by Gasteiger charge is -2.10. The highest BCUT2D eigenvalue weighted by Gasteiger charge is 2.14. The Balaban J connectivity index is 2.27. The van der Waals surface area contributed by atoms with Gasteiger partial charge in [0.25, 0.3) is 0 Å². The summed E-state index contributed by atoms with van der Waals surface area (Å²) in [4.78, 5) is 2.56. The molecule has 0 saturated heterocycles. The first-order valence-corrected chi connectivity index (χ1v) is 7.45. The van der Waals surface area contributed by atoms with Gasteiger partial charge in [-0.2, -0.15) is 0 Å². The van der Waals surface area contributed by atoms with Crippen molar-refractivity contribution in [2.24, 2.45) is 0 Å². The maximum absolute atomic E-state index is 13.7. The van der Waals surface area contributed by atoms with Crippen LogP contribution >= 0.6 is 27.3 Å². The van der Waals surface area contributed by atoms with E-state index in [1.165, 1.54) is 22.9 Å². The van der Waals surface area contributed by atoms with Gasteiger partial charge >= 0.3 is 0 Å². The minimum Gasteiger partial charge on any atom is -0.494 e. The molecule has 96 valence electrons. The second-order valence-electron chi connectivity index (χ2n) is 3.91. The summed E-state index contributed by atoms with van der Waals surface area (Å²) in [5, 5.41) is 0. The van der Waals surface area contributed by atoms with Gasteiger partial charge in [0.1, 0.15) is 0 Å². The first-order chi connectivity index (χ1) is 8.65. The van der Waals surface area contributed by atoms with Crippen LogP contribution in [-0.4, -0.2) is 7.11 Å². The molecule has 0 fully saturated rings. The molecular formula is C14H14BrFOS. The number of rotatable bonds is 4. The minimum absolute atomic E-state index is 0.0307. The summed E-state index contributed by atoms with van der Waals surface area (Å²) in [6, 6.07) is 9.27. The van der Waals surface area contributed by atoms with Gasteiger partial charge in [-0.3, -0.25) is 0 Å². The molecule has 0 radical (unpaired) electrons. The van der Waals surface area contributed by atoms with Gasteiger partial charge in [0.05, 0.1) is 11.9 Å². The summed E-state index contributed by atoms with van der Waals surface area (Å²) < 4.78 is 18.6. The number of alkyl halides is 1.